The molecule has 6 unspecified atom stereocenters. The van der Waals surface area contributed by atoms with Gasteiger partial charge >= 0.3 is 0 Å². The Morgan fingerprint density at radius 2 is 2.00 bits per heavy atom. The van der Waals surface area contributed by atoms with Gasteiger partial charge in [-0.3, -0.25) is 0 Å². The average Bonchev–Trinajstić information content (AvgIpc) is 2.63. The van der Waals surface area contributed by atoms with Crippen molar-refractivity contribution in [3.8, 4) is 0 Å². The van der Waals surface area contributed by atoms with E-state index in [1.807, 2.05) is 6.92 Å². The summed E-state index contributed by atoms with van der Waals surface area (Å²) in [5.74, 6) is 1.73. The number of aliphatic hydroxyl groups excluding tert-OH is 1. The summed E-state index contributed by atoms with van der Waals surface area (Å²) in [4.78, 5) is 0. The van der Waals surface area contributed by atoms with Crippen molar-refractivity contribution in [2.75, 3.05) is 0 Å². The van der Waals surface area contributed by atoms with E-state index in [1.54, 1.807) is 0 Å². The normalized spacial score (nSPS) is 63.2. The van der Waals surface area contributed by atoms with Gasteiger partial charge in [0.1, 0.15) is 0 Å². The van der Waals surface area contributed by atoms with Gasteiger partial charge in [-0.2, -0.15) is 0 Å². The Bertz CT molecular complexity index is 269. The average molecular weight is 180 g/mol. The Labute approximate surface area is 78.3 Å². The molecule has 2 heteroatoms. The molecule has 0 aliphatic heterocycles. The van der Waals surface area contributed by atoms with Crippen LogP contribution in [0.15, 0.2) is 12.2 Å². The van der Waals surface area contributed by atoms with Gasteiger partial charge in [-0.15, -0.1) is 0 Å². The summed E-state index contributed by atoms with van der Waals surface area (Å²) >= 11 is 0. The molecule has 3 aliphatic carbocycles. The minimum absolute atomic E-state index is 0.278. The highest BCUT2D eigenvalue weighted by Crippen LogP contribution is 2.58. The standard InChI is InChI=1S/C11H16O2/c1-11(13)5-8(12)9-6-2-3-7(4-6)10(9)11/h2-3,6-10,12-13H,4-5H2,1H3. The van der Waals surface area contributed by atoms with Crippen molar-refractivity contribution in [2.24, 2.45) is 23.7 Å². The van der Waals surface area contributed by atoms with E-state index in [4.69, 9.17) is 0 Å². The van der Waals surface area contributed by atoms with Crippen LogP contribution in [0.25, 0.3) is 0 Å². The van der Waals surface area contributed by atoms with Crippen LogP contribution < -0.4 is 0 Å². The van der Waals surface area contributed by atoms with Crippen LogP contribution in [0.2, 0.25) is 0 Å². The van der Waals surface area contributed by atoms with E-state index in [-0.39, 0.29) is 6.10 Å². The fourth-order valence-corrected chi connectivity index (χ4v) is 3.96. The molecule has 2 saturated carbocycles. The molecule has 0 spiro atoms. The van der Waals surface area contributed by atoms with Gasteiger partial charge in [0.15, 0.2) is 0 Å². The second-order valence-corrected chi connectivity index (χ2v) is 5.18. The van der Waals surface area contributed by atoms with Gasteiger partial charge in [-0.25, -0.2) is 0 Å². The van der Waals surface area contributed by atoms with Crippen LogP contribution in [-0.2, 0) is 0 Å². The molecule has 2 N–H and O–H groups in total. The molecule has 0 aromatic carbocycles. The Morgan fingerprint density at radius 1 is 1.31 bits per heavy atom. The summed E-state index contributed by atoms with van der Waals surface area (Å²) in [7, 11) is 0. The summed E-state index contributed by atoms with van der Waals surface area (Å²) in [6.07, 6.45) is 5.91. The summed E-state index contributed by atoms with van der Waals surface area (Å²) in [6.45, 7) is 1.88. The zero-order chi connectivity index (χ0) is 9.22. The van der Waals surface area contributed by atoms with Gasteiger partial charge in [0.2, 0.25) is 0 Å². The first-order valence-corrected chi connectivity index (χ1v) is 5.18. The maximum Gasteiger partial charge on any atom is 0.0681 e. The van der Waals surface area contributed by atoms with E-state index in [1.165, 1.54) is 0 Å². The van der Waals surface area contributed by atoms with E-state index in [0.29, 0.717) is 30.1 Å². The predicted molar refractivity (Wildman–Crippen MR) is 49.0 cm³/mol. The van der Waals surface area contributed by atoms with Gasteiger partial charge < -0.3 is 10.2 Å². The molecular weight excluding hydrogens is 164 g/mol. The molecule has 3 aliphatic rings. The van der Waals surface area contributed by atoms with E-state index < -0.39 is 5.60 Å². The predicted octanol–water partition coefficient (Wildman–Crippen LogP) is 0.940. The van der Waals surface area contributed by atoms with Crippen molar-refractivity contribution in [1.29, 1.82) is 0 Å². The lowest BCUT2D eigenvalue weighted by molar-refractivity contribution is 0.00149. The molecule has 72 valence electrons. The van der Waals surface area contributed by atoms with Crippen molar-refractivity contribution >= 4 is 0 Å². The monoisotopic (exact) mass is 180 g/mol. The largest absolute Gasteiger partial charge is 0.393 e. The molecule has 0 aromatic rings. The highest BCUT2D eigenvalue weighted by Gasteiger charge is 2.59. The third-order valence-corrected chi connectivity index (χ3v) is 4.30. The highest BCUT2D eigenvalue weighted by atomic mass is 16.3. The first-order chi connectivity index (χ1) is 6.09. The van der Waals surface area contributed by atoms with Gasteiger partial charge in [0.05, 0.1) is 11.7 Å². The molecular formula is C11H16O2. The number of allylic oxidation sites excluding steroid dienone is 2. The van der Waals surface area contributed by atoms with Crippen molar-refractivity contribution in [3.05, 3.63) is 12.2 Å². The molecule has 0 heterocycles. The third kappa shape index (κ3) is 0.856. The van der Waals surface area contributed by atoms with E-state index >= 15 is 0 Å². The summed E-state index contributed by atoms with van der Waals surface area (Å²) in [5.41, 5.74) is -0.631. The second-order valence-electron chi connectivity index (χ2n) is 5.18. The molecule has 0 amide bonds. The molecule has 0 saturated heterocycles. The summed E-state index contributed by atoms with van der Waals surface area (Å²) in [5, 5.41) is 20.0. The van der Waals surface area contributed by atoms with Gasteiger partial charge in [-0.1, -0.05) is 12.2 Å². The number of rotatable bonds is 0. The van der Waals surface area contributed by atoms with Crippen LogP contribution in [-0.4, -0.2) is 21.9 Å². The lowest BCUT2D eigenvalue weighted by atomic mass is 9.79. The van der Waals surface area contributed by atoms with Gasteiger partial charge in [-0.05, 0) is 37.0 Å². The van der Waals surface area contributed by atoms with Gasteiger partial charge in [0, 0.05) is 6.42 Å². The van der Waals surface area contributed by atoms with Crippen LogP contribution in [0, 0.1) is 23.7 Å². The number of fused-ring (bicyclic) bond motifs is 5. The van der Waals surface area contributed by atoms with Crippen LogP contribution in [0.3, 0.4) is 0 Å². The van der Waals surface area contributed by atoms with Crippen LogP contribution >= 0.6 is 0 Å². The fourth-order valence-electron chi connectivity index (χ4n) is 3.96. The van der Waals surface area contributed by atoms with E-state index in [0.717, 1.165) is 6.42 Å². The fraction of sp³-hybridized carbons (Fsp3) is 0.818. The second kappa shape index (κ2) is 2.18. The first-order valence-electron chi connectivity index (χ1n) is 5.18. The quantitative estimate of drug-likeness (QED) is 0.545. The summed E-state index contributed by atoms with van der Waals surface area (Å²) < 4.78 is 0. The van der Waals surface area contributed by atoms with Crippen molar-refractivity contribution in [1.82, 2.24) is 0 Å². The Balaban J connectivity index is 2.02. The Morgan fingerprint density at radius 3 is 2.69 bits per heavy atom. The Kier molecular flexibility index (Phi) is 1.34. The minimum Gasteiger partial charge on any atom is -0.393 e. The molecule has 6 atom stereocenters. The van der Waals surface area contributed by atoms with Gasteiger partial charge in [0.25, 0.3) is 0 Å². The van der Waals surface area contributed by atoms with Crippen molar-refractivity contribution in [2.45, 2.75) is 31.5 Å². The smallest absolute Gasteiger partial charge is 0.0681 e. The minimum atomic E-state index is -0.631. The van der Waals surface area contributed by atoms with Crippen LogP contribution in [0.1, 0.15) is 19.8 Å². The van der Waals surface area contributed by atoms with E-state index in [2.05, 4.69) is 12.2 Å². The summed E-state index contributed by atoms with van der Waals surface area (Å²) in [6, 6.07) is 0. The van der Waals surface area contributed by atoms with Crippen LogP contribution in [0.4, 0.5) is 0 Å². The highest BCUT2D eigenvalue weighted by molar-refractivity contribution is 5.21. The van der Waals surface area contributed by atoms with Crippen molar-refractivity contribution < 1.29 is 10.2 Å². The Hall–Kier alpha value is -0.340. The zero-order valence-corrected chi connectivity index (χ0v) is 7.85. The molecule has 2 bridgehead atoms. The molecule has 2 nitrogen and oxygen atoms in total. The lowest BCUT2D eigenvalue weighted by Crippen LogP contribution is -2.34. The molecule has 0 radical (unpaired) electrons. The molecule has 0 aromatic heterocycles. The number of hydrogen-bond donors (Lipinski definition) is 2. The topological polar surface area (TPSA) is 40.5 Å². The SMILES string of the molecule is CC1(O)CC(O)C2C3C=CC(C3)C21. The zero-order valence-electron chi connectivity index (χ0n) is 7.85. The first kappa shape index (κ1) is 8.01. The van der Waals surface area contributed by atoms with E-state index in [9.17, 15) is 10.2 Å². The molecule has 13 heavy (non-hydrogen) atoms. The van der Waals surface area contributed by atoms with Crippen molar-refractivity contribution in [3.63, 3.8) is 0 Å². The third-order valence-electron chi connectivity index (χ3n) is 4.30. The molecule has 3 rings (SSSR count). The number of aliphatic hydroxyl groups is 2. The lowest BCUT2D eigenvalue weighted by Gasteiger charge is -2.30. The molecule has 2 fully saturated rings. The van der Waals surface area contributed by atoms with Crippen LogP contribution in [0.5, 0.6) is 0 Å². The number of hydrogen-bond acceptors (Lipinski definition) is 2. The maximum absolute atomic E-state index is 10.2. The maximum atomic E-state index is 10.2.